The Morgan fingerprint density at radius 1 is 1.42 bits per heavy atom. The molecule has 24 heavy (non-hydrogen) atoms. The molecule has 2 aliphatic heterocycles. The number of hydrogen-bond donors (Lipinski definition) is 2. The van der Waals surface area contributed by atoms with E-state index in [9.17, 15) is 14.7 Å². The van der Waals surface area contributed by atoms with E-state index >= 15 is 0 Å². The summed E-state index contributed by atoms with van der Waals surface area (Å²) in [6.07, 6.45) is 1.43. The van der Waals surface area contributed by atoms with Gasteiger partial charge in [0.15, 0.2) is 0 Å². The largest absolute Gasteiger partial charge is 0.493 e. The molecule has 0 radical (unpaired) electrons. The standard InChI is InChI=1S/C17H21ClN2O4/c1-10-4-13(16(21)22)9-20(8-10)17(23)19-7-12-6-14(18)5-11-2-3-24-15(11)12/h5-6,10,13H,2-4,7-9H2,1H3,(H,19,23)(H,21,22). The lowest BCUT2D eigenvalue weighted by atomic mass is 9.91. The van der Waals surface area contributed by atoms with Gasteiger partial charge in [-0.3, -0.25) is 4.79 Å². The van der Waals surface area contributed by atoms with Crippen LogP contribution in [0.15, 0.2) is 12.1 Å². The van der Waals surface area contributed by atoms with E-state index < -0.39 is 11.9 Å². The molecule has 1 aromatic carbocycles. The fourth-order valence-corrected chi connectivity index (χ4v) is 3.72. The van der Waals surface area contributed by atoms with Crippen LogP contribution in [0.5, 0.6) is 5.75 Å². The van der Waals surface area contributed by atoms with Crippen molar-refractivity contribution in [2.24, 2.45) is 11.8 Å². The average molecular weight is 353 g/mol. The first-order valence-corrected chi connectivity index (χ1v) is 8.51. The van der Waals surface area contributed by atoms with Crippen LogP contribution in [-0.2, 0) is 17.8 Å². The van der Waals surface area contributed by atoms with Crippen LogP contribution in [-0.4, -0.2) is 41.7 Å². The van der Waals surface area contributed by atoms with Gasteiger partial charge in [0.05, 0.1) is 12.5 Å². The van der Waals surface area contributed by atoms with E-state index in [1.807, 2.05) is 13.0 Å². The van der Waals surface area contributed by atoms with Crippen molar-refractivity contribution in [1.29, 1.82) is 0 Å². The maximum Gasteiger partial charge on any atom is 0.317 e. The molecular formula is C17H21ClN2O4. The summed E-state index contributed by atoms with van der Waals surface area (Å²) in [6, 6.07) is 3.43. The molecule has 0 bridgehead atoms. The van der Waals surface area contributed by atoms with Crippen molar-refractivity contribution in [3.63, 3.8) is 0 Å². The number of aliphatic carboxylic acids is 1. The van der Waals surface area contributed by atoms with Gasteiger partial charge >= 0.3 is 12.0 Å². The first kappa shape index (κ1) is 16.9. The lowest BCUT2D eigenvalue weighted by Gasteiger charge is -2.34. The molecule has 0 aliphatic carbocycles. The Labute approximate surface area is 145 Å². The van der Waals surface area contributed by atoms with Gasteiger partial charge in [-0.25, -0.2) is 4.79 Å². The molecule has 7 heteroatoms. The van der Waals surface area contributed by atoms with Gasteiger partial charge in [-0.15, -0.1) is 0 Å². The van der Waals surface area contributed by atoms with E-state index in [4.69, 9.17) is 16.3 Å². The maximum absolute atomic E-state index is 12.4. The number of hydrogen-bond acceptors (Lipinski definition) is 3. The highest BCUT2D eigenvalue weighted by molar-refractivity contribution is 6.30. The summed E-state index contributed by atoms with van der Waals surface area (Å²) in [7, 11) is 0. The number of amides is 2. The number of halogens is 1. The fraction of sp³-hybridized carbons (Fsp3) is 0.529. The second kappa shape index (κ2) is 6.89. The third-order valence-corrected chi connectivity index (χ3v) is 4.77. The number of urea groups is 1. The number of carbonyl (C=O) groups excluding carboxylic acids is 1. The molecule has 2 N–H and O–H groups in total. The highest BCUT2D eigenvalue weighted by Gasteiger charge is 2.32. The number of carboxylic acids is 1. The number of nitrogens with one attached hydrogen (secondary N) is 1. The van der Waals surface area contributed by atoms with Crippen LogP contribution >= 0.6 is 11.6 Å². The van der Waals surface area contributed by atoms with Crippen molar-refractivity contribution in [1.82, 2.24) is 10.2 Å². The van der Waals surface area contributed by atoms with E-state index in [2.05, 4.69) is 5.32 Å². The van der Waals surface area contributed by atoms with Crippen LogP contribution in [0.1, 0.15) is 24.5 Å². The molecule has 1 aromatic rings. The summed E-state index contributed by atoms with van der Waals surface area (Å²) in [5.41, 5.74) is 1.91. The molecule has 2 heterocycles. The minimum atomic E-state index is -0.847. The number of fused-ring (bicyclic) bond motifs is 1. The van der Waals surface area contributed by atoms with Crippen LogP contribution in [0, 0.1) is 11.8 Å². The number of ether oxygens (including phenoxy) is 1. The van der Waals surface area contributed by atoms with E-state index in [-0.39, 0.29) is 18.5 Å². The quantitative estimate of drug-likeness (QED) is 0.876. The molecule has 1 saturated heterocycles. The Hall–Kier alpha value is -1.95. The topological polar surface area (TPSA) is 78.9 Å². The molecule has 0 spiro atoms. The maximum atomic E-state index is 12.4. The lowest BCUT2D eigenvalue weighted by Crippen LogP contribution is -2.49. The lowest BCUT2D eigenvalue weighted by molar-refractivity contribution is -0.143. The first-order chi connectivity index (χ1) is 11.4. The number of likely N-dealkylation sites (tertiary alicyclic amines) is 1. The summed E-state index contributed by atoms with van der Waals surface area (Å²) < 4.78 is 5.63. The normalized spacial score (nSPS) is 22.7. The van der Waals surface area contributed by atoms with Gasteiger partial charge in [-0.2, -0.15) is 0 Å². The molecule has 1 fully saturated rings. The number of carbonyl (C=O) groups is 2. The van der Waals surface area contributed by atoms with Crippen molar-refractivity contribution in [2.45, 2.75) is 26.3 Å². The monoisotopic (exact) mass is 352 g/mol. The summed E-state index contributed by atoms with van der Waals surface area (Å²) in [4.78, 5) is 25.2. The third kappa shape index (κ3) is 3.59. The van der Waals surface area contributed by atoms with Gasteiger partial charge in [-0.1, -0.05) is 18.5 Å². The number of rotatable bonds is 3. The molecular weight excluding hydrogens is 332 g/mol. The van der Waals surface area contributed by atoms with Gasteiger partial charge in [-0.05, 0) is 30.0 Å². The molecule has 130 valence electrons. The van der Waals surface area contributed by atoms with E-state index in [1.54, 1.807) is 11.0 Å². The number of benzene rings is 1. The van der Waals surface area contributed by atoms with Crippen molar-refractivity contribution >= 4 is 23.6 Å². The van der Waals surface area contributed by atoms with Crippen LogP contribution < -0.4 is 10.1 Å². The van der Waals surface area contributed by atoms with E-state index in [0.717, 1.165) is 23.3 Å². The van der Waals surface area contributed by atoms with Crippen LogP contribution in [0.4, 0.5) is 4.79 Å². The zero-order valence-electron chi connectivity index (χ0n) is 13.5. The van der Waals surface area contributed by atoms with E-state index in [0.29, 0.717) is 31.1 Å². The number of nitrogens with zero attached hydrogens (tertiary/aromatic N) is 1. The molecule has 3 rings (SSSR count). The zero-order valence-corrected chi connectivity index (χ0v) is 14.3. The third-order valence-electron chi connectivity index (χ3n) is 4.55. The van der Waals surface area contributed by atoms with Crippen LogP contribution in [0.2, 0.25) is 5.02 Å². The molecule has 2 unspecified atom stereocenters. The summed E-state index contributed by atoms with van der Waals surface area (Å²) in [5, 5.41) is 12.7. The summed E-state index contributed by atoms with van der Waals surface area (Å²) in [6.45, 7) is 3.72. The number of piperidine rings is 1. The van der Waals surface area contributed by atoms with Crippen LogP contribution in [0.3, 0.4) is 0 Å². The first-order valence-electron chi connectivity index (χ1n) is 8.13. The highest BCUT2D eigenvalue weighted by atomic mass is 35.5. The molecule has 2 amide bonds. The van der Waals surface area contributed by atoms with Gasteiger partial charge < -0.3 is 20.1 Å². The summed E-state index contributed by atoms with van der Waals surface area (Å²) >= 11 is 6.12. The minimum Gasteiger partial charge on any atom is -0.493 e. The van der Waals surface area contributed by atoms with E-state index in [1.165, 1.54) is 0 Å². The second-order valence-electron chi connectivity index (χ2n) is 6.59. The predicted molar refractivity (Wildman–Crippen MR) is 89.4 cm³/mol. The molecule has 6 nitrogen and oxygen atoms in total. The van der Waals surface area contributed by atoms with Gasteiger partial charge in [0, 0.05) is 36.6 Å². The number of carboxylic acid groups (broad SMARTS) is 1. The minimum absolute atomic E-state index is 0.171. The van der Waals surface area contributed by atoms with Gasteiger partial charge in [0.1, 0.15) is 5.75 Å². The Kier molecular flexibility index (Phi) is 4.85. The Morgan fingerprint density at radius 2 is 2.21 bits per heavy atom. The van der Waals surface area contributed by atoms with Crippen LogP contribution in [0.25, 0.3) is 0 Å². The highest BCUT2D eigenvalue weighted by Crippen LogP contribution is 2.32. The Bertz CT molecular complexity index is 664. The Balaban J connectivity index is 1.65. The predicted octanol–water partition coefficient (Wildman–Crippen LogP) is 2.53. The second-order valence-corrected chi connectivity index (χ2v) is 7.03. The van der Waals surface area contributed by atoms with Gasteiger partial charge in [0.25, 0.3) is 0 Å². The van der Waals surface area contributed by atoms with Crippen molar-refractivity contribution in [3.05, 3.63) is 28.3 Å². The van der Waals surface area contributed by atoms with Crippen molar-refractivity contribution in [3.8, 4) is 5.75 Å². The van der Waals surface area contributed by atoms with Crippen molar-refractivity contribution in [2.75, 3.05) is 19.7 Å². The van der Waals surface area contributed by atoms with Crippen molar-refractivity contribution < 1.29 is 19.4 Å². The molecule has 0 saturated carbocycles. The fourth-order valence-electron chi connectivity index (χ4n) is 3.46. The molecule has 0 aromatic heterocycles. The molecule has 2 aliphatic rings. The SMILES string of the molecule is CC1CC(C(=O)O)CN(C(=O)NCc2cc(Cl)cc3c2OCC3)C1. The average Bonchev–Trinajstić information content (AvgIpc) is 2.99. The summed E-state index contributed by atoms with van der Waals surface area (Å²) in [5.74, 6) is -0.377. The van der Waals surface area contributed by atoms with Gasteiger partial charge in [0.2, 0.25) is 0 Å². The Morgan fingerprint density at radius 3 is 2.96 bits per heavy atom. The smallest absolute Gasteiger partial charge is 0.317 e. The zero-order chi connectivity index (χ0) is 17.3. The molecule has 2 atom stereocenters.